The fourth-order valence-electron chi connectivity index (χ4n) is 1.82. The summed E-state index contributed by atoms with van der Waals surface area (Å²) in [5.74, 6) is -0.720. The molecule has 0 aromatic rings. The molecule has 0 spiro atoms. The van der Waals surface area contributed by atoms with Crippen LogP contribution in [0.25, 0.3) is 0 Å². The Morgan fingerprint density at radius 2 is 1.92 bits per heavy atom. The summed E-state index contributed by atoms with van der Waals surface area (Å²) in [4.78, 5) is 0. The number of alkyl halides is 3. The van der Waals surface area contributed by atoms with Crippen molar-refractivity contribution >= 4 is 0 Å². The lowest BCUT2D eigenvalue weighted by atomic mass is 9.64. The van der Waals surface area contributed by atoms with Crippen molar-refractivity contribution in [2.45, 2.75) is 38.5 Å². The maximum Gasteiger partial charge on any atom is 0.417 e. The molecule has 1 nitrogen and oxygen atoms in total. The smallest absolute Gasteiger partial charge is 0.380 e. The second-order valence-corrected chi connectivity index (χ2v) is 3.81. The summed E-state index contributed by atoms with van der Waals surface area (Å²) in [6.45, 7) is 3.42. The normalized spacial score (nSPS) is 36.8. The molecule has 4 heteroatoms. The quantitative estimate of drug-likeness (QED) is 0.660. The van der Waals surface area contributed by atoms with Gasteiger partial charge < -0.3 is 5.11 Å². The van der Waals surface area contributed by atoms with Gasteiger partial charge in [-0.05, 0) is 24.7 Å². The van der Waals surface area contributed by atoms with Gasteiger partial charge in [0.2, 0.25) is 0 Å². The van der Waals surface area contributed by atoms with Crippen LogP contribution in [0.2, 0.25) is 0 Å². The van der Waals surface area contributed by atoms with Crippen LogP contribution in [0.4, 0.5) is 13.2 Å². The van der Waals surface area contributed by atoms with E-state index in [1.165, 1.54) is 0 Å². The number of hydrogen-bond donors (Lipinski definition) is 1. The average molecular weight is 182 g/mol. The van der Waals surface area contributed by atoms with Gasteiger partial charge in [-0.1, -0.05) is 13.8 Å². The van der Waals surface area contributed by atoms with Crippen LogP contribution in [0.15, 0.2) is 0 Å². The van der Waals surface area contributed by atoms with Crippen molar-refractivity contribution in [3.63, 3.8) is 0 Å². The molecule has 0 radical (unpaired) electrons. The average Bonchev–Trinajstić information content (AvgIpc) is 1.79. The Morgan fingerprint density at radius 1 is 1.42 bits per heavy atom. The van der Waals surface area contributed by atoms with E-state index in [4.69, 9.17) is 0 Å². The molecule has 0 heterocycles. The van der Waals surface area contributed by atoms with E-state index >= 15 is 0 Å². The Hall–Kier alpha value is -0.250. The minimum absolute atomic E-state index is 0.106. The second-order valence-electron chi connectivity index (χ2n) is 3.81. The van der Waals surface area contributed by atoms with Gasteiger partial charge in [-0.3, -0.25) is 0 Å². The van der Waals surface area contributed by atoms with Gasteiger partial charge in [0.15, 0.2) is 5.60 Å². The highest BCUT2D eigenvalue weighted by Gasteiger charge is 2.63. The Kier molecular flexibility index (Phi) is 2.15. The summed E-state index contributed by atoms with van der Waals surface area (Å²) in [6, 6.07) is 0. The maximum absolute atomic E-state index is 12.2. The van der Waals surface area contributed by atoms with Crippen LogP contribution < -0.4 is 0 Å². The van der Waals surface area contributed by atoms with E-state index in [1.807, 2.05) is 0 Å². The zero-order valence-electron chi connectivity index (χ0n) is 7.15. The van der Waals surface area contributed by atoms with Crippen LogP contribution in [0.3, 0.4) is 0 Å². The fourth-order valence-corrected chi connectivity index (χ4v) is 1.82. The predicted molar refractivity (Wildman–Crippen MR) is 38.6 cm³/mol. The van der Waals surface area contributed by atoms with Gasteiger partial charge in [0.05, 0.1) is 0 Å². The van der Waals surface area contributed by atoms with Crippen LogP contribution in [-0.2, 0) is 0 Å². The van der Waals surface area contributed by atoms with Gasteiger partial charge in [0.25, 0.3) is 0 Å². The van der Waals surface area contributed by atoms with E-state index in [-0.39, 0.29) is 12.3 Å². The molecule has 0 aromatic carbocycles. The van der Waals surface area contributed by atoms with E-state index in [1.54, 1.807) is 13.8 Å². The zero-order valence-corrected chi connectivity index (χ0v) is 7.15. The van der Waals surface area contributed by atoms with Crippen molar-refractivity contribution in [3.8, 4) is 0 Å². The summed E-state index contributed by atoms with van der Waals surface area (Å²) in [5.41, 5.74) is -2.40. The van der Waals surface area contributed by atoms with E-state index in [0.717, 1.165) is 0 Å². The molecule has 12 heavy (non-hydrogen) atoms. The van der Waals surface area contributed by atoms with Crippen LogP contribution in [-0.4, -0.2) is 16.9 Å². The van der Waals surface area contributed by atoms with Crippen molar-refractivity contribution in [1.29, 1.82) is 0 Å². The maximum atomic E-state index is 12.2. The summed E-state index contributed by atoms with van der Waals surface area (Å²) < 4.78 is 36.7. The van der Waals surface area contributed by atoms with Crippen molar-refractivity contribution in [1.82, 2.24) is 0 Å². The van der Waals surface area contributed by atoms with Crippen LogP contribution in [0.5, 0.6) is 0 Å². The Labute approximate surface area is 69.6 Å². The number of aliphatic hydroxyl groups is 1. The Morgan fingerprint density at radius 3 is 2.00 bits per heavy atom. The molecule has 1 rings (SSSR count). The second kappa shape index (κ2) is 2.62. The molecular formula is C8H13F3O. The van der Waals surface area contributed by atoms with Gasteiger partial charge in [-0.15, -0.1) is 0 Å². The lowest BCUT2D eigenvalue weighted by molar-refractivity contribution is -0.316. The highest BCUT2D eigenvalue weighted by Crippen LogP contribution is 2.52. The number of hydrogen-bond acceptors (Lipinski definition) is 1. The molecule has 72 valence electrons. The van der Waals surface area contributed by atoms with Crippen molar-refractivity contribution in [2.75, 3.05) is 0 Å². The zero-order chi connectivity index (χ0) is 9.57. The van der Waals surface area contributed by atoms with Gasteiger partial charge >= 0.3 is 6.18 Å². The molecule has 0 saturated heterocycles. The Bertz CT molecular complexity index is 176. The molecule has 1 saturated carbocycles. The third-order valence-corrected chi connectivity index (χ3v) is 2.75. The van der Waals surface area contributed by atoms with Crippen molar-refractivity contribution < 1.29 is 18.3 Å². The minimum Gasteiger partial charge on any atom is -0.380 e. The molecule has 0 unspecified atom stereocenters. The highest BCUT2D eigenvalue weighted by molar-refractivity contribution is 5.02. The minimum atomic E-state index is -4.46. The lowest BCUT2D eigenvalue weighted by Gasteiger charge is -2.48. The first-order valence-electron chi connectivity index (χ1n) is 4.08. The molecule has 0 aromatic heterocycles. The van der Waals surface area contributed by atoms with E-state index in [0.29, 0.717) is 6.42 Å². The summed E-state index contributed by atoms with van der Waals surface area (Å²) in [5, 5.41) is 9.25. The third kappa shape index (κ3) is 1.22. The van der Waals surface area contributed by atoms with Gasteiger partial charge in [0, 0.05) is 0 Å². The van der Waals surface area contributed by atoms with Gasteiger partial charge in [0.1, 0.15) is 0 Å². The molecule has 0 amide bonds. The van der Waals surface area contributed by atoms with Crippen molar-refractivity contribution in [2.24, 2.45) is 11.8 Å². The monoisotopic (exact) mass is 182 g/mol. The van der Waals surface area contributed by atoms with E-state index < -0.39 is 17.7 Å². The molecule has 1 aliphatic rings. The molecule has 2 atom stereocenters. The van der Waals surface area contributed by atoms with Crippen molar-refractivity contribution in [3.05, 3.63) is 0 Å². The number of rotatable bonds is 1. The lowest BCUT2D eigenvalue weighted by Crippen LogP contribution is -2.59. The SMILES string of the molecule is CC(C)[C@@H]1CC[C@@]1(O)C(F)(F)F. The Balaban J connectivity index is 2.74. The first kappa shape index (κ1) is 9.84. The van der Waals surface area contributed by atoms with Crippen LogP contribution in [0.1, 0.15) is 26.7 Å². The highest BCUT2D eigenvalue weighted by atomic mass is 19.4. The molecule has 0 bridgehead atoms. The molecule has 1 aliphatic carbocycles. The van der Waals surface area contributed by atoms with Crippen LogP contribution in [0, 0.1) is 11.8 Å². The van der Waals surface area contributed by atoms with Gasteiger partial charge in [-0.25, -0.2) is 0 Å². The third-order valence-electron chi connectivity index (χ3n) is 2.75. The summed E-state index contributed by atoms with van der Waals surface area (Å²) >= 11 is 0. The first-order chi connectivity index (χ1) is 5.29. The molecule has 1 N–H and O–H groups in total. The van der Waals surface area contributed by atoms with E-state index in [9.17, 15) is 18.3 Å². The van der Waals surface area contributed by atoms with Gasteiger partial charge in [-0.2, -0.15) is 13.2 Å². The first-order valence-corrected chi connectivity index (χ1v) is 4.08. The predicted octanol–water partition coefficient (Wildman–Crippen LogP) is 2.35. The fraction of sp³-hybridized carbons (Fsp3) is 1.00. The summed E-state index contributed by atoms with van der Waals surface area (Å²) in [7, 11) is 0. The molecular weight excluding hydrogens is 169 g/mol. The summed E-state index contributed by atoms with van der Waals surface area (Å²) in [6.07, 6.45) is -4.12. The van der Waals surface area contributed by atoms with Crippen LogP contribution >= 0.6 is 0 Å². The molecule has 1 fully saturated rings. The topological polar surface area (TPSA) is 20.2 Å². The standard InChI is InChI=1S/C8H13F3O/c1-5(2)6-3-4-7(6,12)8(9,10)11/h5-6,12H,3-4H2,1-2H3/t6-,7-/m0/s1. The molecule has 0 aliphatic heterocycles. The van der Waals surface area contributed by atoms with E-state index in [2.05, 4.69) is 0 Å². The largest absolute Gasteiger partial charge is 0.417 e. The number of halogens is 3.